The van der Waals surface area contributed by atoms with E-state index in [1.54, 1.807) is 13.0 Å². The van der Waals surface area contributed by atoms with Gasteiger partial charge in [0.05, 0.1) is 13.0 Å². The van der Waals surface area contributed by atoms with Gasteiger partial charge in [0.15, 0.2) is 0 Å². The number of hydrazine groups is 1. The van der Waals surface area contributed by atoms with Crippen molar-refractivity contribution in [2.75, 3.05) is 13.7 Å². The van der Waals surface area contributed by atoms with Gasteiger partial charge in [0.2, 0.25) is 11.8 Å². The molecule has 9 heteroatoms. The molecule has 1 rings (SSSR count). The molecule has 0 radical (unpaired) electrons. The number of hydrogen-bond donors (Lipinski definition) is 3. The van der Waals surface area contributed by atoms with Gasteiger partial charge in [-0.25, -0.2) is 5.43 Å². The van der Waals surface area contributed by atoms with Crippen molar-refractivity contribution in [2.24, 2.45) is 11.8 Å². The average molecular weight is 425 g/mol. The molecule has 3 N–H and O–H groups in total. The summed E-state index contributed by atoms with van der Waals surface area (Å²) >= 11 is 0. The molecular formula is C21H36N4O5. The number of amides is 3. The van der Waals surface area contributed by atoms with Gasteiger partial charge < -0.3 is 15.4 Å². The summed E-state index contributed by atoms with van der Waals surface area (Å²) in [6.07, 6.45) is 5.46. The highest BCUT2D eigenvalue weighted by atomic mass is 16.5. The number of ether oxygens (including phenoxy) is 1. The molecule has 0 bridgehead atoms. The lowest BCUT2D eigenvalue weighted by atomic mass is 9.99. The molecule has 1 aliphatic rings. The number of rotatable bonds is 9. The van der Waals surface area contributed by atoms with Crippen LogP contribution in [0.25, 0.3) is 0 Å². The summed E-state index contributed by atoms with van der Waals surface area (Å²) in [6, 6.07) is -2.17. The van der Waals surface area contributed by atoms with Crippen LogP contribution in [0.4, 0.5) is 0 Å². The van der Waals surface area contributed by atoms with Crippen LogP contribution in [0.1, 0.15) is 53.9 Å². The Morgan fingerprint density at radius 2 is 1.83 bits per heavy atom. The van der Waals surface area contributed by atoms with E-state index in [1.165, 1.54) is 12.1 Å². The van der Waals surface area contributed by atoms with Crippen molar-refractivity contribution in [1.29, 1.82) is 0 Å². The number of carbonyl (C=O) groups is 4. The molecule has 4 atom stereocenters. The number of allylic oxidation sites excluding steroid dienone is 1. The second-order valence-electron chi connectivity index (χ2n) is 7.84. The number of hydrogen-bond acceptors (Lipinski definition) is 6. The fourth-order valence-electron chi connectivity index (χ4n) is 3.29. The van der Waals surface area contributed by atoms with E-state index in [2.05, 4.69) is 16.1 Å². The summed E-state index contributed by atoms with van der Waals surface area (Å²) in [5.74, 6) is -1.89. The fraction of sp³-hybridized carbons (Fsp3) is 0.714. The normalized spacial score (nSPS) is 19.8. The molecule has 0 saturated carbocycles. The molecule has 1 fully saturated rings. The van der Waals surface area contributed by atoms with Crippen molar-refractivity contribution in [3.63, 3.8) is 0 Å². The molecule has 1 saturated heterocycles. The summed E-state index contributed by atoms with van der Waals surface area (Å²) in [4.78, 5) is 49.8. The Morgan fingerprint density at radius 3 is 2.37 bits per heavy atom. The predicted molar refractivity (Wildman–Crippen MR) is 113 cm³/mol. The van der Waals surface area contributed by atoms with Gasteiger partial charge in [-0.2, -0.15) is 0 Å². The summed E-state index contributed by atoms with van der Waals surface area (Å²) in [7, 11) is 1.30. The first-order valence-corrected chi connectivity index (χ1v) is 10.5. The van der Waals surface area contributed by atoms with Crippen LogP contribution < -0.4 is 16.1 Å². The van der Waals surface area contributed by atoms with Crippen molar-refractivity contribution < 1.29 is 23.9 Å². The molecule has 0 aromatic carbocycles. The number of esters is 1. The summed E-state index contributed by atoms with van der Waals surface area (Å²) in [5.41, 5.74) is 2.86. The number of nitrogens with zero attached hydrogens (tertiary/aromatic N) is 1. The van der Waals surface area contributed by atoms with E-state index >= 15 is 0 Å². The first-order valence-electron chi connectivity index (χ1n) is 10.5. The van der Waals surface area contributed by atoms with E-state index in [0.29, 0.717) is 25.8 Å². The maximum absolute atomic E-state index is 12.8. The summed E-state index contributed by atoms with van der Waals surface area (Å²) in [5, 5.41) is 6.84. The van der Waals surface area contributed by atoms with Gasteiger partial charge in [0.25, 0.3) is 5.91 Å². The topological polar surface area (TPSA) is 117 Å². The third-order valence-electron chi connectivity index (χ3n) is 5.12. The van der Waals surface area contributed by atoms with E-state index in [-0.39, 0.29) is 23.7 Å². The highest BCUT2D eigenvalue weighted by Crippen LogP contribution is 2.11. The van der Waals surface area contributed by atoms with Crippen LogP contribution in [0.5, 0.6) is 0 Å². The zero-order valence-corrected chi connectivity index (χ0v) is 18.9. The Labute approximate surface area is 178 Å². The summed E-state index contributed by atoms with van der Waals surface area (Å²) in [6.45, 7) is 9.43. The molecule has 0 aliphatic carbocycles. The highest BCUT2D eigenvalue weighted by molar-refractivity contribution is 5.92. The van der Waals surface area contributed by atoms with Crippen LogP contribution in [0.3, 0.4) is 0 Å². The van der Waals surface area contributed by atoms with Crippen molar-refractivity contribution in [3.8, 4) is 0 Å². The lowest BCUT2D eigenvalue weighted by Gasteiger charge is -2.34. The zero-order valence-electron chi connectivity index (χ0n) is 18.9. The van der Waals surface area contributed by atoms with E-state index < -0.39 is 30.0 Å². The van der Waals surface area contributed by atoms with Crippen LogP contribution in [-0.2, 0) is 23.9 Å². The second-order valence-corrected chi connectivity index (χ2v) is 7.84. The molecule has 0 aromatic heterocycles. The SMILES string of the molecule is C/C=C/[C@@H](CC)C(=O)NC(C(=O)NC(C)C(=O)N1CCC[C@@H](C(=O)OC)N1)C(C)C. The molecule has 1 heterocycles. The third-order valence-corrected chi connectivity index (χ3v) is 5.12. The molecular weight excluding hydrogens is 388 g/mol. The largest absolute Gasteiger partial charge is 0.468 e. The van der Waals surface area contributed by atoms with Gasteiger partial charge in [0, 0.05) is 6.54 Å². The number of carbonyl (C=O) groups excluding carboxylic acids is 4. The Kier molecular flexibility index (Phi) is 10.5. The monoisotopic (exact) mass is 424 g/mol. The van der Waals surface area contributed by atoms with Crippen molar-refractivity contribution in [3.05, 3.63) is 12.2 Å². The average Bonchev–Trinajstić information content (AvgIpc) is 2.73. The molecule has 1 aliphatic heterocycles. The quantitative estimate of drug-likeness (QED) is 0.374. The van der Waals surface area contributed by atoms with E-state index in [4.69, 9.17) is 4.74 Å². The number of nitrogens with one attached hydrogen (secondary N) is 3. The zero-order chi connectivity index (χ0) is 22.8. The van der Waals surface area contributed by atoms with E-state index in [9.17, 15) is 19.2 Å². The van der Waals surface area contributed by atoms with Crippen LogP contribution >= 0.6 is 0 Å². The van der Waals surface area contributed by atoms with Gasteiger partial charge in [-0.15, -0.1) is 0 Å². The van der Waals surface area contributed by atoms with Gasteiger partial charge in [-0.05, 0) is 39.0 Å². The van der Waals surface area contributed by atoms with E-state index in [0.717, 1.165) is 0 Å². The minimum atomic E-state index is -0.822. The minimum Gasteiger partial charge on any atom is -0.468 e. The first kappa shape index (κ1) is 25.6. The van der Waals surface area contributed by atoms with Crippen LogP contribution in [0, 0.1) is 11.8 Å². The maximum Gasteiger partial charge on any atom is 0.324 e. The highest BCUT2D eigenvalue weighted by Gasteiger charge is 2.33. The van der Waals surface area contributed by atoms with Crippen molar-refractivity contribution >= 4 is 23.7 Å². The second kappa shape index (κ2) is 12.3. The first-order chi connectivity index (χ1) is 14.2. The lowest BCUT2D eigenvalue weighted by molar-refractivity contribution is -0.150. The van der Waals surface area contributed by atoms with Gasteiger partial charge in [-0.1, -0.05) is 32.9 Å². The molecule has 2 unspecified atom stereocenters. The molecule has 0 aromatic rings. The Balaban J connectivity index is 2.75. The molecule has 9 nitrogen and oxygen atoms in total. The smallest absolute Gasteiger partial charge is 0.324 e. The maximum atomic E-state index is 12.8. The Hall–Kier alpha value is -2.42. The van der Waals surface area contributed by atoms with Gasteiger partial charge >= 0.3 is 5.97 Å². The van der Waals surface area contributed by atoms with Gasteiger partial charge in [0.1, 0.15) is 18.1 Å². The minimum absolute atomic E-state index is 0.156. The standard InChI is InChI=1S/C21H36N4O5/c1-7-10-15(8-2)18(26)23-17(13(3)4)19(27)22-14(5)20(28)25-12-9-11-16(24-25)21(29)30-6/h7,10,13-17,24H,8-9,11-12H2,1-6H3,(H,22,27)(H,23,26)/b10-7+/t14?,15-,16+,17?/m1/s1. The Bertz CT molecular complexity index is 649. The fourth-order valence-corrected chi connectivity index (χ4v) is 3.29. The molecule has 3 amide bonds. The third kappa shape index (κ3) is 7.12. The molecule has 30 heavy (non-hydrogen) atoms. The predicted octanol–water partition coefficient (Wildman–Crippen LogP) is 0.903. The van der Waals surface area contributed by atoms with Crippen LogP contribution in [0.2, 0.25) is 0 Å². The molecule has 170 valence electrons. The number of methoxy groups -OCH3 is 1. The van der Waals surface area contributed by atoms with Crippen LogP contribution in [-0.4, -0.2) is 60.5 Å². The summed E-state index contributed by atoms with van der Waals surface area (Å²) < 4.78 is 4.73. The lowest BCUT2D eigenvalue weighted by Crippen LogP contribution is -2.61. The molecule has 0 spiro atoms. The van der Waals surface area contributed by atoms with E-state index in [1.807, 2.05) is 33.8 Å². The Morgan fingerprint density at radius 1 is 1.17 bits per heavy atom. The van der Waals surface area contributed by atoms with Gasteiger partial charge in [-0.3, -0.25) is 24.2 Å². The van der Waals surface area contributed by atoms with Crippen LogP contribution in [0.15, 0.2) is 12.2 Å². The van der Waals surface area contributed by atoms with Crippen molar-refractivity contribution in [2.45, 2.75) is 72.0 Å². The van der Waals surface area contributed by atoms with Crippen molar-refractivity contribution in [1.82, 2.24) is 21.1 Å².